The van der Waals surface area contributed by atoms with E-state index in [1.807, 2.05) is 0 Å². The highest BCUT2D eigenvalue weighted by atomic mass is 15.2. The highest BCUT2D eigenvalue weighted by Gasteiger charge is 2.08. The molecule has 1 atom stereocenters. The molecule has 0 amide bonds. The fraction of sp³-hybridized carbons (Fsp3) is 0.800. The average molecular weight is 251 g/mol. The van der Waals surface area contributed by atoms with E-state index in [0.717, 1.165) is 18.2 Å². The van der Waals surface area contributed by atoms with Crippen LogP contribution in [-0.2, 0) is 6.54 Å². The molecule has 0 spiro atoms. The Morgan fingerprint density at radius 2 is 1.94 bits per heavy atom. The van der Waals surface area contributed by atoms with E-state index in [-0.39, 0.29) is 0 Å². The SMILES string of the molecule is CCCCCC(C)Nc1nc(C)cn1CCCC. The zero-order valence-corrected chi connectivity index (χ0v) is 12.5. The fourth-order valence-electron chi connectivity index (χ4n) is 2.15. The zero-order valence-electron chi connectivity index (χ0n) is 12.5. The van der Waals surface area contributed by atoms with Gasteiger partial charge >= 0.3 is 0 Å². The van der Waals surface area contributed by atoms with Gasteiger partial charge in [-0.25, -0.2) is 4.98 Å². The lowest BCUT2D eigenvalue weighted by atomic mass is 10.1. The Kier molecular flexibility index (Phi) is 6.84. The smallest absolute Gasteiger partial charge is 0.203 e. The Morgan fingerprint density at radius 1 is 1.22 bits per heavy atom. The minimum Gasteiger partial charge on any atom is -0.353 e. The highest BCUT2D eigenvalue weighted by molar-refractivity contribution is 5.29. The van der Waals surface area contributed by atoms with Crippen LogP contribution in [0.2, 0.25) is 0 Å². The first kappa shape index (κ1) is 15.1. The quantitative estimate of drug-likeness (QED) is 0.660. The van der Waals surface area contributed by atoms with Crippen molar-refractivity contribution in [1.82, 2.24) is 9.55 Å². The molecule has 0 bridgehead atoms. The summed E-state index contributed by atoms with van der Waals surface area (Å²) in [4.78, 5) is 4.58. The number of aromatic nitrogens is 2. The summed E-state index contributed by atoms with van der Waals surface area (Å²) in [6.45, 7) is 9.86. The molecule has 1 aromatic heterocycles. The molecule has 0 saturated heterocycles. The maximum Gasteiger partial charge on any atom is 0.203 e. The molecule has 3 heteroatoms. The summed E-state index contributed by atoms with van der Waals surface area (Å²) in [5.41, 5.74) is 1.11. The first-order valence-electron chi connectivity index (χ1n) is 7.47. The lowest BCUT2D eigenvalue weighted by molar-refractivity contribution is 0.595. The van der Waals surface area contributed by atoms with Crippen LogP contribution in [0.15, 0.2) is 6.20 Å². The van der Waals surface area contributed by atoms with Crippen LogP contribution in [0.4, 0.5) is 5.95 Å². The summed E-state index contributed by atoms with van der Waals surface area (Å²) in [7, 11) is 0. The Hall–Kier alpha value is -0.990. The molecule has 0 aliphatic heterocycles. The Morgan fingerprint density at radius 3 is 2.61 bits per heavy atom. The summed E-state index contributed by atoms with van der Waals surface area (Å²) >= 11 is 0. The second-order valence-corrected chi connectivity index (χ2v) is 5.29. The van der Waals surface area contributed by atoms with Crippen molar-refractivity contribution in [3.8, 4) is 0 Å². The van der Waals surface area contributed by atoms with Crippen molar-refractivity contribution in [2.45, 2.75) is 78.8 Å². The molecule has 0 radical (unpaired) electrons. The molecular weight excluding hydrogens is 222 g/mol. The number of unbranched alkanes of at least 4 members (excludes halogenated alkanes) is 3. The van der Waals surface area contributed by atoms with Crippen molar-refractivity contribution < 1.29 is 0 Å². The molecule has 18 heavy (non-hydrogen) atoms. The van der Waals surface area contributed by atoms with Gasteiger partial charge in [0.15, 0.2) is 0 Å². The average Bonchev–Trinajstić information content (AvgIpc) is 2.67. The maximum absolute atomic E-state index is 4.58. The van der Waals surface area contributed by atoms with Gasteiger partial charge in [0.2, 0.25) is 5.95 Å². The maximum atomic E-state index is 4.58. The first-order chi connectivity index (χ1) is 8.67. The third-order valence-electron chi connectivity index (χ3n) is 3.27. The molecule has 0 saturated carbocycles. The van der Waals surface area contributed by atoms with Gasteiger partial charge in [-0.15, -0.1) is 0 Å². The summed E-state index contributed by atoms with van der Waals surface area (Å²) in [6, 6.07) is 0.513. The van der Waals surface area contributed by atoms with Crippen molar-refractivity contribution in [3.63, 3.8) is 0 Å². The van der Waals surface area contributed by atoms with E-state index in [1.165, 1.54) is 38.5 Å². The van der Waals surface area contributed by atoms with Gasteiger partial charge in [0.05, 0.1) is 5.69 Å². The van der Waals surface area contributed by atoms with E-state index in [2.05, 4.69) is 48.8 Å². The Balaban J connectivity index is 2.48. The zero-order chi connectivity index (χ0) is 13.4. The summed E-state index contributed by atoms with van der Waals surface area (Å²) < 4.78 is 2.26. The third kappa shape index (κ3) is 5.11. The number of aryl methyl sites for hydroxylation is 2. The summed E-state index contributed by atoms with van der Waals surface area (Å²) in [5.74, 6) is 1.05. The van der Waals surface area contributed by atoms with Crippen LogP contribution in [0.1, 0.15) is 65.0 Å². The lowest BCUT2D eigenvalue weighted by Gasteiger charge is -2.15. The monoisotopic (exact) mass is 251 g/mol. The molecule has 1 N–H and O–H groups in total. The van der Waals surface area contributed by atoms with Crippen LogP contribution in [0.3, 0.4) is 0 Å². The van der Waals surface area contributed by atoms with Crippen LogP contribution in [-0.4, -0.2) is 15.6 Å². The van der Waals surface area contributed by atoms with E-state index >= 15 is 0 Å². The van der Waals surface area contributed by atoms with Gasteiger partial charge < -0.3 is 9.88 Å². The second-order valence-electron chi connectivity index (χ2n) is 5.29. The van der Waals surface area contributed by atoms with E-state index in [4.69, 9.17) is 0 Å². The molecule has 0 aromatic carbocycles. The number of rotatable bonds is 9. The van der Waals surface area contributed by atoms with Crippen LogP contribution < -0.4 is 5.32 Å². The highest BCUT2D eigenvalue weighted by Crippen LogP contribution is 2.13. The largest absolute Gasteiger partial charge is 0.353 e. The van der Waals surface area contributed by atoms with Gasteiger partial charge in [0.25, 0.3) is 0 Å². The molecule has 1 unspecified atom stereocenters. The van der Waals surface area contributed by atoms with Gasteiger partial charge in [-0.05, 0) is 26.7 Å². The Bertz CT molecular complexity index is 330. The van der Waals surface area contributed by atoms with Crippen LogP contribution in [0.5, 0.6) is 0 Å². The second kappa shape index (κ2) is 8.17. The number of hydrogen-bond donors (Lipinski definition) is 1. The number of nitrogens with zero attached hydrogens (tertiary/aromatic N) is 2. The summed E-state index contributed by atoms with van der Waals surface area (Å²) in [6.07, 6.45) is 9.74. The molecule has 0 aliphatic carbocycles. The molecule has 0 fully saturated rings. The molecule has 1 aromatic rings. The normalized spacial score (nSPS) is 12.7. The van der Waals surface area contributed by atoms with Crippen LogP contribution in [0, 0.1) is 6.92 Å². The molecule has 3 nitrogen and oxygen atoms in total. The van der Waals surface area contributed by atoms with Crippen molar-refractivity contribution in [1.29, 1.82) is 0 Å². The van der Waals surface area contributed by atoms with Crippen LogP contribution in [0.25, 0.3) is 0 Å². The van der Waals surface area contributed by atoms with E-state index in [0.29, 0.717) is 6.04 Å². The summed E-state index contributed by atoms with van der Waals surface area (Å²) in [5, 5.41) is 3.55. The molecule has 1 heterocycles. The van der Waals surface area contributed by atoms with E-state index in [1.54, 1.807) is 0 Å². The fourth-order valence-corrected chi connectivity index (χ4v) is 2.15. The van der Waals surface area contributed by atoms with Crippen molar-refractivity contribution in [2.75, 3.05) is 5.32 Å². The molecule has 104 valence electrons. The number of hydrogen-bond acceptors (Lipinski definition) is 2. The van der Waals surface area contributed by atoms with Gasteiger partial charge in [-0.2, -0.15) is 0 Å². The Labute approximate surface area is 112 Å². The lowest BCUT2D eigenvalue weighted by Crippen LogP contribution is -2.18. The van der Waals surface area contributed by atoms with E-state index in [9.17, 15) is 0 Å². The van der Waals surface area contributed by atoms with Gasteiger partial charge in [-0.3, -0.25) is 0 Å². The predicted molar refractivity (Wildman–Crippen MR) is 79.1 cm³/mol. The molecular formula is C15H29N3. The van der Waals surface area contributed by atoms with Gasteiger partial charge in [-0.1, -0.05) is 39.5 Å². The van der Waals surface area contributed by atoms with Gasteiger partial charge in [0.1, 0.15) is 0 Å². The number of anilines is 1. The number of imidazole rings is 1. The minimum absolute atomic E-state index is 0.513. The standard InChI is InChI=1S/C15H29N3/c1-5-7-9-10-13(3)16-15-17-14(4)12-18(15)11-8-6-2/h12-13H,5-11H2,1-4H3,(H,16,17). The third-order valence-corrected chi connectivity index (χ3v) is 3.27. The van der Waals surface area contributed by atoms with Crippen LogP contribution >= 0.6 is 0 Å². The van der Waals surface area contributed by atoms with Gasteiger partial charge in [0, 0.05) is 18.8 Å². The van der Waals surface area contributed by atoms with Crippen molar-refractivity contribution in [3.05, 3.63) is 11.9 Å². The predicted octanol–water partition coefficient (Wildman–Crippen LogP) is 4.37. The van der Waals surface area contributed by atoms with E-state index < -0.39 is 0 Å². The number of nitrogens with one attached hydrogen (secondary N) is 1. The van der Waals surface area contributed by atoms with Crippen molar-refractivity contribution in [2.24, 2.45) is 0 Å². The first-order valence-corrected chi connectivity index (χ1v) is 7.47. The topological polar surface area (TPSA) is 29.9 Å². The molecule has 1 rings (SSSR count). The molecule has 0 aliphatic rings. The van der Waals surface area contributed by atoms with Crippen molar-refractivity contribution >= 4 is 5.95 Å². The minimum atomic E-state index is 0.513.